The van der Waals surface area contributed by atoms with E-state index in [2.05, 4.69) is 28.6 Å². The van der Waals surface area contributed by atoms with Crippen molar-refractivity contribution < 1.29 is 0 Å². The Labute approximate surface area is 94.8 Å². The second-order valence-corrected chi connectivity index (χ2v) is 5.26. The van der Waals surface area contributed by atoms with E-state index in [-0.39, 0.29) is 0 Å². The van der Waals surface area contributed by atoms with Gasteiger partial charge in [0.1, 0.15) is 12.2 Å². The summed E-state index contributed by atoms with van der Waals surface area (Å²) in [5, 5.41) is 7.62. The Hall–Kier alpha value is -0.550. The zero-order valence-corrected chi connectivity index (χ0v) is 10.2. The molecule has 0 atom stereocenters. The van der Waals surface area contributed by atoms with Crippen LogP contribution < -0.4 is 5.32 Å². The van der Waals surface area contributed by atoms with Crippen LogP contribution >= 0.6 is 11.8 Å². The molecule has 84 valence electrons. The lowest BCUT2D eigenvalue weighted by atomic mass is 10.4. The summed E-state index contributed by atoms with van der Waals surface area (Å²) in [5.41, 5.74) is 0. The van der Waals surface area contributed by atoms with Crippen molar-refractivity contribution in [3.63, 3.8) is 0 Å². The number of hydrogen-bond acceptors (Lipinski definition) is 4. The fourth-order valence-electron chi connectivity index (χ4n) is 1.68. The van der Waals surface area contributed by atoms with E-state index in [4.69, 9.17) is 0 Å². The molecule has 0 amide bonds. The van der Waals surface area contributed by atoms with Crippen LogP contribution in [0.25, 0.3) is 0 Å². The van der Waals surface area contributed by atoms with E-state index >= 15 is 0 Å². The Kier molecular flexibility index (Phi) is 3.31. The first kappa shape index (κ1) is 11.0. The fourth-order valence-corrected chi connectivity index (χ4v) is 2.44. The molecule has 0 radical (unpaired) electrons. The molecule has 1 aromatic heterocycles. The van der Waals surface area contributed by atoms with E-state index in [9.17, 15) is 0 Å². The summed E-state index contributed by atoms with van der Waals surface area (Å²) < 4.78 is 2.46. The van der Waals surface area contributed by atoms with Crippen LogP contribution in [0.1, 0.15) is 25.6 Å². The highest BCUT2D eigenvalue weighted by atomic mass is 32.2. The van der Waals surface area contributed by atoms with Crippen molar-refractivity contribution in [3.8, 4) is 0 Å². The van der Waals surface area contributed by atoms with Crippen LogP contribution in [0.15, 0.2) is 6.33 Å². The van der Waals surface area contributed by atoms with Crippen molar-refractivity contribution >= 4 is 11.8 Å². The Balaban J connectivity index is 1.78. The van der Waals surface area contributed by atoms with Gasteiger partial charge in [-0.2, -0.15) is 16.9 Å². The molecule has 1 fully saturated rings. The van der Waals surface area contributed by atoms with Gasteiger partial charge >= 0.3 is 0 Å². The number of aryl methyl sites for hydroxylation is 1. The molecule has 15 heavy (non-hydrogen) atoms. The summed E-state index contributed by atoms with van der Waals surface area (Å²) >= 11 is 1.98. The van der Waals surface area contributed by atoms with Crippen molar-refractivity contribution in [2.75, 3.05) is 12.8 Å². The fraction of sp³-hybridized carbons (Fsp3) is 0.800. The first-order chi connectivity index (χ1) is 7.29. The summed E-state index contributed by atoms with van der Waals surface area (Å²) in [7, 11) is 0. The third-order valence-electron chi connectivity index (χ3n) is 2.97. The van der Waals surface area contributed by atoms with Crippen LogP contribution in [-0.4, -0.2) is 32.3 Å². The quantitative estimate of drug-likeness (QED) is 0.793. The highest BCUT2D eigenvalue weighted by Crippen LogP contribution is 2.46. The van der Waals surface area contributed by atoms with Gasteiger partial charge in [-0.15, -0.1) is 0 Å². The zero-order chi connectivity index (χ0) is 10.7. The van der Waals surface area contributed by atoms with Crippen LogP contribution in [0.3, 0.4) is 0 Å². The summed E-state index contributed by atoms with van der Waals surface area (Å²) in [4.78, 5) is 4.24. The molecule has 0 aliphatic heterocycles. The molecule has 5 heteroatoms. The molecule has 1 N–H and O–H groups in total. The minimum atomic E-state index is 0.525. The maximum atomic E-state index is 4.24. The second-order valence-electron chi connectivity index (χ2n) is 3.98. The maximum absolute atomic E-state index is 4.24. The highest BCUT2D eigenvalue weighted by molar-refractivity contribution is 8.00. The predicted octanol–water partition coefficient (Wildman–Crippen LogP) is 1.28. The lowest BCUT2D eigenvalue weighted by Crippen LogP contribution is -2.26. The molecule has 0 bridgehead atoms. The summed E-state index contributed by atoms with van der Waals surface area (Å²) in [6, 6.07) is 0. The minimum Gasteiger partial charge on any atom is -0.308 e. The first-order valence-electron chi connectivity index (χ1n) is 5.42. The monoisotopic (exact) mass is 226 g/mol. The standard InChI is InChI=1S/C10H18N4S/c1-3-14-9(12-8-13-14)6-11-7-10(15-2)4-5-10/h8,11H,3-7H2,1-2H3. The first-order valence-corrected chi connectivity index (χ1v) is 6.65. The smallest absolute Gasteiger partial charge is 0.140 e. The number of aromatic nitrogens is 3. The largest absolute Gasteiger partial charge is 0.308 e. The molecule has 1 aromatic rings. The molecular weight excluding hydrogens is 208 g/mol. The van der Waals surface area contributed by atoms with Crippen molar-refractivity contribution in [3.05, 3.63) is 12.2 Å². The van der Waals surface area contributed by atoms with Crippen LogP contribution in [0.4, 0.5) is 0 Å². The Morgan fingerprint density at radius 3 is 3.00 bits per heavy atom. The topological polar surface area (TPSA) is 42.7 Å². The van der Waals surface area contributed by atoms with Gasteiger partial charge in [0.2, 0.25) is 0 Å². The van der Waals surface area contributed by atoms with Gasteiger partial charge in [0.25, 0.3) is 0 Å². The van der Waals surface area contributed by atoms with Crippen LogP contribution in [0, 0.1) is 0 Å². The van der Waals surface area contributed by atoms with Gasteiger partial charge in [0.05, 0.1) is 6.54 Å². The Bertz CT molecular complexity index is 319. The summed E-state index contributed by atoms with van der Waals surface area (Å²) in [6.07, 6.45) is 6.52. The second kappa shape index (κ2) is 4.53. The summed E-state index contributed by atoms with van der Waals surface area (Å²) in [5.74, 6) is 1.04. The molecule has 1 aliphatic carbocycles. The van der Waals surface area contributed by atoms with E-state index in [1.165, 1.54) is 12.8 Å². The Morgan fingerprint density at radius 1 is 1.60 bits per heavy atom. The van der Waals surface area contributed by atoms with Gasteiger partial charge in [-0.1, -0.05) is 0 Å². The number of nitrogens with one attached hydrogen (secondary N) is 1. The van der Waals surface area contributed by atoms with Crippen LogP contribution in [0.5, 0.6) is 0 Å². The van der Waals surface area contributed by atoms with Gasteiger partial charge in [-0.25, -0.2) is 9.67 Å². The minimum absolute atomic E-state index is 0.525. The molecule has 2 rings (SSSR count). The van der Waals surface area contributed by atoms with E-state index < -0.39 is 0 Å². The summed E-state index contributed by atoms with van der Waals surface area (Å²) in [6.45, 7) is 4.90. The number of rotatable bonds is 6. The van der Waals surface area contributed by atoms with E-state index in [0.29, 0.717) is 4.75 Å². The van der Waals surface area contributed by atoms with E-state index in [1.807, 2.05) is 16.4 Å². The third kappa shape index (κ3) is 2.52. The average molecular weight is 226 g/mol. The predicted molar refractivity (Wildman–Crippen MR) is 62.9 cm³/mol. The molecule has 0 aromatic carbocycles. The molecule has 0 saturated heterocycles. The lowest BCUT2D eigenvalue weighted by Gasteiger charge is -2.12. The van der Waals surface area contributed by atoms with Gasteiger partial charge in [-0.05, 0) is 26.0 Å². The third-order valence-corrected chi connectivity index (χ3v) is 4.38. The molecule has 0 unspecified atom stereocenters. The van der Waals surface area contributed by atoms with Crippen LogP contribution in [0.2, 0.25) is 0 Å². The maximum Gasteiger partial charge on any atom is 0.140 e. The number of hydrogen-bond donors (Lipinski definition) is 1. The van der Waals surface area contributed by atoms with Crippen molar-refractivity contribution in [2.45, 2.75) is 37.6 Å². The molecule has 0 spiro atoms. The highest BCUT2D eigenvalue weighted by Gasteiger charge is 2.41. The molecule has 1 aliphatic rings. The van der Waals surface area contributed by atoms with E-state index in [0.717, 1.165) is 25.5 Å². The zero-order valence-electron chi connectivity index (χ0n) is 9.36. The molecular formula is C10H18N4S. The van der Waals surface area contributed by atoms with Gasteiger partial charge in [-0.3, -0.25) is 0 Å². The van der Waals surface area contributed by atoms with Gasteiger partial charge in [0.15, 0.2) is 0 Å². The van der Waals surface area contributed by atoms with Gasteiger partial charge in [0, 0.05) is 17.8 Å². The normalized spacial score (nSPS) is 18.0. The van der Waals surface area contributed by atoms with Crippen molar-refractivity contribution in [1.82, 2.24) is 20.1 Å². The molecule has 4 nitrogen and oxygen atoms in total. The lowest BCUT2D eigenvalue weighted by molar-refractivity contribution is 0.567. The number of thioether (sulfide) groups is 1. The average Bonchev–Trinajstić information content (AvgIpc) is 2.90. The Morgan fingerprint density at radius 2 is 2.40 bits per heavy atom. The van der Waals surface area contributed by atoms with E-state index in [1.54, 1.807) is 6.33 Å². The van der Waals surface area contributed by atoms with Crippen molar-refractivity contribution in [2.24, 2.45) is 0 Å². The SMILES string of the molecule is CCn1ncnc1CNCC1(SC)CC1. The van der Waals surface area contributed by atoms with Gasteiger partial charge < -0.3 is 5.32 Å². The molecule has 1 heterocycles. The molecule has 1 saturated carbocycles. The number of nitrogens with zero attached hydrogens (tertiary/aromatic N) is 3. The van der Waals surface area contributed by atoms with Crippen molar-refractivity contribution in [1.29, 1.82) is 0 Å². The van der Waals surface area contributed by atoms with Crippen LogP contribution in [-0.2, 0) is 13.1 Å².